The molecule has 1 rings (SSSR count). The van der Waals surface area contributed by atoms with Crippen molar-refractivity contribution in [1.29, 1.82) is 0 Å². The van der Waals surface area contributed by atoms with Gasteiger partial charge in [-0.1, -0.05) is 6.07 Å². The highest BCUT2D eigenvalue weighted by atomic mass is 16.5. The molecule has 0 heterocycles. The SMILES string of the molecule is COC(=O)NCC(=O)Nc1cccc(NC(C)=O)c1. The normalized spacial score (nSPS) is 9.37. The minimum absolute atomic E-state index is 0.197. The number of anilines is 2. The van der Waals surface area contributed by atoms with Crippen LogP contribution in [-0.4, -0.2) is 31.6 Å². The number of nitrogens with one attached hydrogen (secondary N) is 3. The number of benzene rings is 1. The molecule has 3 N–H and O–H groups in total. The number of hydrogen-bond donors (Lipinski definition) is 3. The molecule has 7 heteroatoms. The molecule has 19 heavy (non-hydrogen) atoms. The summed E-state index contributed by atoms with van der Waals surface area (Å²) in [4.78, 5) is 33.2. The molecule has 0 spiro atoms. The van der Waals surface area contributed by atoms with Crippen molar-refractivity contribution >= 4 is 29.3 Å². The second-order valence-electron chi connectivity index (χ2n) is 3.66. The second-order valence-corrected chi connectivity index (χ2v) is 3.66. The Kier molecular flexibility index (Phi) is 5.34. The summed E-state index contributed by atoms with van der Waals surface area (Å²) in [5, 5.41) is 7.43. The summed E-state index contributed by atoms with van der Waals surface area (Å²) in [6, 6.07) is 6.66. The van der Waals surface area contributed by atoms with Crippen LogP contribution in [0.25, 0.3) is 0 Å². The third-order valence-electron chi connectivity index (χ3n) is 2.05. The number of amides is 3. The maximum Gasteiger partial charge on any atom is 0.407 e. The number of alkyl carbamates (subject to hydrolysis) is 1. The molecule has 0 radical (unpaired) electrons. The van der Waals surface area contributed by atoms with E-state index in [0.717, 1.165) is 0 Å². The van der Waals surface area contributed by atoms with E-state index in [-0.39, 0.29) is 12.5 Å². The summed E-state index contributed by atoms with van der Waals surface area (Å²) in [5.41, 5.74) is 1.09. The minimum Gasteiger partial charge on any atom is -0.453 e. The maximum atomic E-state index is 11.5. The number of rotatable bonds is 4. The first kappa shape index (κ1) is 14.5. The summed E-state index contributed by atoms with van der Waals surface area (Å²) in [7, 11) is 1.21. The van der Waals surface area contributed by atoms with Gasteiger partial charge >= 0.3 is 6.09 Å². The van der Waals surface area contributed by atoms with Crippen molar-refractivity contribution in [3.63, 3.8) is 0 Å². The van der Waals surface area contributed by atoms with Gasteiger partial charge < -0.3 is 20.7 Å². The zero-order valence-corrected chi connectivity index (χ0v) is 10.6. The first-order chi connectivity index (χ1) is 9.01. The van der Waals surface area contributed by atoms with E-state index in [4.69, 9.17) is 0 Å². The Bertz CT molecular complexity index is 488. The molecule has 0 aliphatic rings. The van der Waals surface area contributed by atoms with Crippen LogP contribution in [-0.2, 0) is 14.3 Å². The molecule has 0 saturated carbocycles. The van der Waals surface area contributed by atoms with Gasteiger partial charge in [0.25, 0.3) is 0 Å². The lowest BCUT2D eigenvalue weighted by atomic mass is 10.2. The van der Waals surface area contributed by atoms with Gasteiger partial charge in [-0.15, -0.1) is 0 Å². The van der Waals surface area contributed by atoms with Gasteiger partial charge in [-0.25, -0.2) is 4.79 Å². The lowest BCUT2D eigenvalue weighted by molar-refractivity contribution is -0.115. The smallest absolute Gasteiger partial charge is 0.407 e. The first-order valence-corrected chi connectivity index (χ1v) is 5.50. The van der Waals surface area contributed by atoms with Crippen LogP contribution in [0.1, 0.15) is 6.92 Å². The van der Waals surface area contributed by atoms with Gasteiger partial charge in [-0.3, -0.25) is 9.59 Å². The molecule has 1 aromatic rings. The van der Waals surface area contributed by atoms with Crippen LogP contribution < -0.4 is 16.0 Å². The van der Waals surface area contributed by atoms with E-state index in [1.807, 2.05) is 0 Å². The maximum absolute atomic E-state index is 11.5. The van der Waals surface area contributed by atoms with Gasteiger partial charge in [0.05, 0.1) is 7.11 Å². The second kappa shape index (κ2) is 7.00. The van der Waals surface area contributed by atoms with Gasteiger partial charge in [0.2, 0.25) is 11.8 Å². The van der Waals surface area contributed by atoms with Crippen molar-refractivity contribution in [3.8, 4) is 0 Å². The fourth-order valence-corrected chi connectivity index (χ4v) is 1.31. The molecule has 0 fully saturated rings. The number of methoxy groups -OCH3 is 1. The molecule has 0 aliphatic heterocycles. The van der Waals surface area contributed by atoms with E-state index in [1.165, 1.54) is 14.0 Å². The molecule has 0 unspecified atom stereocenters. The van der Waals surface area contributed by atoms with E-state index in [2.05, 4.69) is 20.7 Å². The fraction of sp³-hybridized carbons (Fsp3) is 0.250. The summed E-state index contributed by atoms with van der Waals surface area (Å²) in [5.74, 6) is -0.596. The predicted molar refractivity (Wildman–Crippen MR) is 69.8 cm³/mol. The van der Waals surface area contributed by atoms with Gasteiger partial charge in [-0.2, -0.15) is 0 Å². The van der Waals surface area contributed by atoms with Crippen LogP contribution in [0, 0.1) is 0 Å². The lowest BCUT2D eigenvalue weighted by Crippen LogP contribution is -2.32. The van der Waals surface area contributed by atoms with E-state index in [0.29, 0.717) is 11.4 Å². The highest BCUT2D eigenvalue weighted by molar-refractivity contribution is 5.95. The summed E-state index contributed by atoms with van der Waals surface area (Å²) in [6.45, 7) is 1.20. The third-order valence-corrected chi connectivity index (χ3v) is 2.05. The largest absolute Gasteiger partial charge is 0.453 e. The van der Waals surface area contributed by atoms with Crippen LogP contribution in [0.3, 0.4) is 0 Å². The van der Waals surface area contributed by atoms with E-state index in [9.17, 15) is 14.4 Å². The van der Waals surface area contributed by atoms with Crippen molar-refractivity contribution in [2.24, 2.45) is 0 Å². The number of carbonyl (C=O) groups excluding carboxylic acids is 3. The lowest BCUT2D eigenvalue weighted by Gasteiger charge is -2.08. The molecule has 0 bridgehead atoms. The highest BCUT2D eigenvalue weighted by Gasteiger charge is 2.05. The Balaban J connectivity index is 2.54. The van der Waals surface area contributed by atoms with Gasteiger partial charge in [0, 0.05) is 18.3 Å². The van der Waals surface area contributed by atoms with Gasteiger partial charge in [0.15, 0.2) is 0 Å². The Morgan fingerprint density at radius 3 is 2.37 bits per heavy atom. The minimum atomic E-state index is -0.679. The molecular weight excluding hydrogens is 250 g/mol. The van der Waals surface area contributed by atoms with Crippen molar-refractivity contribution < 1.29 is 19.1 Å². The van der Waals surface area contributed by atoms with Crippen LogP contribution in [0.2, 0.25) is 0 Å². The van der Waals surface area contributed by atoms with Gasteiger partial charge in [-0.05, 0) is 18.2 Å². The predicted octanol–water partition coefficient (Wildman–Crippen LogP) is 0.939. The molecule has 0 aromatic heterocycles. The third kappa shape index (κ3) is 5.53. The first-order valence-electron chi connectivity index (χ1n) is 5.50. The Hall–Kier alpha value is -2.57. The number of carbonyl (C=O) groups is 3. The summed E-state index contributed by atoms with van der Waals surface area (Å²) >= 11 is 0. The zero-order chi connectivity index (χ0) is 14.3. The quantitative estimate of drug-likeness (QED) is 0.754. The molecule has 0 aliphatic carbocycles. The van der Waals surface area contributed by atoms with Gasteiger partial charge in [0.1, 0.15) is 6.54 Å². The van der Waals surface area contributed by atoms with Crippen LogP contribution in [0.4, 0.5) is 16.2 Å². The highest BCUT2D eigenvalue weighted by Crippen LogP contribution is 2.14. The Morgan fingerprint density at radius 2 is 1.79 bits per heavy atom. The topological polar surface area (TPSA) is 96.5 Å². The van der Waals surface area contributed by atoms with Crippen LogP contribution >= 0.6 is 0 Å². The molecule has 102 valence electrons. The Morgan fingerprint density at radius 1 is 1.16 bits per heavy atom. The molecule has 1 aromatic carbocycles. The standard InChI is InChI=1S/C12H15N3O4/c1-8(16)14-9-4-3-5-10(6-9)15-11(17)7-13-12(18)19-2/h3-6H,7H2,1-2H3,(H,13,18)(H,14,16)(H,15,17). The zero-order valence-electron chi connectivity index (χ0n) is 10.6. The average Bonchev–Trinajstić information content (AvgIpc) is 2.35. The van der Waals surface area contributed by atoms with Crippen LogP contribution in [0.5, 0.6) is 0 Å². The van der Waals surface area contributed by atoms with E-state index < -0.39 is 12.0 Å². The monoisotopic (exact) mass is 265 g/mol. The summed E-state index contributed by atoms with van der Waals surface area (Å²) in [6.07, 6.45) is -0.679. The molecular formula is C12H15N3O4. The van der Waals surface area contributed by atoms with E-state index in [1.54, 1.807) is 24.3 Å². The van der Waals surface area contributed by atoms with Crippen molar-refractivity contribution in [2.45, 2.75) is 6.92 Å². The van der Waals surface area contributed by atoms with Crippen molar-refractivity contribution in [2.75, 3.05) is 24.3 Å². The van der Waals surface area contributed by atoms with Crippen LogP contribution in [0.15, 0.2) is 24.3 Å². The molecule has 0 saturated heterocycles. The molecule has 3 amide bonds. The van der Waals surface area contributed by atoms with Crippen molar-refractivity contribution in [1.82, 2.24) is 5.32 Å². The fourth-order valence-electron chi connectivity index (χ4n) is 1.31. The Labute approximate surface area is 110 Å². The summed E-state index contributed by atoms with van der Waals surface area (Å²) < 4.78 is 4.34. The molecule has 0 atom stereocenters. The number of hydrogen-bond acceptors (Lipinski definition) is 4. The number of ether oxygens (including phenoxy) is 1. The average molecular weight is 265 g/mol. The van der Waals surface area contributed by atoms with E-state index >= 15 is 0 Å². The molecule has 7 nitrogen and oxygen atoms in total. The van der Waals surface area contributed by atoms with Crippen molar-refractivity contribution in [3.05, 3.63) is 24.3 Å².